The number of fused-ring (bicyclic) bond motifs is 1. The molecule has 1 fully saturated rings. The molecule has 0 radical (unpaired) electrons. The number of nitrogens with one attached hydrogen (secondary N) is 1. The van der Waals surface area contributed by atoms with Crippen molar-refractivity contribution >= 4 is 34.0 Å². The van der Waals surface area contributed by atoms with Crippen molar-refractivity contribution < 1.29 is 14.3 Å². The van der Waals surface area contributed by atoms with Gasteiger partial charge in [-0.05, 0) is 42.2 Å². The molecule has 3 aromatic rings. The average molecular weight is 414 g/mol. The molecular weight excluding hydrogens is 398 g/mol. The van der Waals surface area contributed by atoms with Crippen LogP contribution in [0.15, 0.2) is 42.5 Å². The van der Waals surface area contributed by atoms with Gasteiger partial charge in [-0.25, -0.2) is 0 Å². The van der Waals surface area contributed by atoms with Crippen molar-refractivity contribution in [2.45, 2.75) is 24.7 Å². The van der Waals surface area contributed by atoms with Crippen molar-refractivity contribution in [1.29, 1.82) is 0 Å². The molecule has 1 aliphatic heterocycles. The van der Waals surface area contributed by atoms with Gasteiger partial charge in [0.15, 0.2) is 11.5 Å². The lowest BCUT2D eigenvalue weighted by Gasteiger charge is -2.14. The Kier molecular flexibility index (Phi) is 4.21. The minimum Gasteiger partial charge on any atom is -0.454 e. The first-order valence-corrected chi connectivity index (χ1v) is 10.1. The molecule has 1 amide bonds. The fourth-order valence-corrected chi connectivity index (χ4v) is 4.32. The Morgan fingerprint density at radius 2 is 1.96 bits per heavy atom. The second-order valence-electron chi connectivity index (χ2n) is 6.87. The molecule has 28 heavy (non-hydrogen) atoms. The topological polar surface area (TPSA) is 73.3 Å². The third-order valence-electron chi connectivity index (χ3n) is 5.10. The van der Waals surface area contributed by atoms with Crippen LogP contribution in [0.2, 0.25) is 5.02 Å². The number of carbonyl (C=O) groups is 1. The summed E-state index contributed by atoms with van der Waals surface area (Å²) in [5.74, 6) is 1.34. The van der Waals surface area contributed by atoms with Gasteiger partial charge in [0.2, 0.25) is 17.8 Å². The number of ether oxygens (including phenoxy) is 2. The normalized spacial score (nSPS) is 16.0. The van der Waals surface area contributed by atoms with Crippen LogP contribution in [-0.4, -0.2) is 22.9 Å². The molecule has 142 valence electrons. The summed E-state index contributed by atoms with van der Waals surface area (Å²) in [6.07, 6.45) is 2.17. The number of aromatic nitrogens is 2. The smallest absolute Gasteiger partial charge is 0.236 e. The Morgan fingerprint density at radius 1 is 1.14 bits per heavy atom. The molecule has 2 aliphatic rings. The minimum atomic E-state index is -0.532. The van der Waals surface area contributed by atoms with E-state index in [9.17, 15) is 4.79 Å². The summed E-state index contributed by atoms with van der Waals surface area (Å²) in [6.45, 7) is 0.219. The number of hydrogen-bond acceptors (Lipinski definition) is 6. The Hall–Kier alpha value is -2.64. The fraction of sp³-hybridized carbons (Fsp3) is 0.250. The fourth-order valence-electron chi connectivity index (χ4n) is 3.36. The maximum atomic E-state index is 13.0. The van der Waals surface area contributed by atoms with Crippen LogP contribution in [0.5, 0.6) is 11.5 Å². The van der Waals surface area contributed by atoms with Crippen LogP contribution in [0.1, 0.15) is 29.0 Å². The van der Waals surface area contributed by atoms with E-state index in [1.165, 1.54) is 11.3 Å². The molecule has 5 rings (SSSR count). The average Bonchev–Trinajstić information content (AvgIpc) is 3.18. The van der Waals surface area contributed by atoms with E-state index in [0.717, 1.165) is 29.0 Å². The number of hydrogen-bond donors (Lipinski definition) is 1. The van der Waals surface area contributed by atoms with Crippen LogP contribution < -0.4 is 14.8 Å². The lowest BCUT2D eigenvalue weighted by atomic mass is 9.94. The van der Waals surface area contributed by atoms with Crippen molar-refractivity contribution in [3.8, 4) is 11.5 Å². The van der Waals surface area contributed by atoms with Crippen molar-refractivity contribution in [2.75, 3.05) is 12.1 Å². The SMILES string of the molecule is O=C(Nc1nnc(Cc2ccccc2Cl)s1)C1(c2ccc3c(c2)OCO3)CC1. The van der Waals surface area contributed by atoms with Gasteiger partial charge in [0.25, 0.3) is 0 Å². The number of amides is 1. The van der Waals surface area contributed by atoms with E-state index >= 15 is 0 Å². The molecule has 8 heteroatoms. The Labute approximate surface area is 170 Å². The third kappa shape index (κ3) is 3.10. The lowest BCUT2D eigenvalue weighted by molar-refractivity contribution is -0.118. The van der Waals surface area contributed by atoms with Gasteiger partial charge in [-0.3, -0.25) is 10.1 Å². The number of nitrogens with zero attached hydrogens (tertiary/aromatic N) is 2. The zero-order valence-electron chi connectivity index (χ0n) is 14.8. The van der Waals surface area contributed by atoms with Crippen LogP contribution in [0.4, 0.5) is 5.13 Å². The van der Waals surface area contributed by atoms with Crippen LogP contribution >= 0.6 is 22.9 Å². The van der Waals surface area contributed by atoms with E-state index in [-0.39, 0.29) is 12.7 Å². The molecule has 6 nitrogen and oxygen atoms in total. The second-order valence-corrected chi connectivity index (χ2v) is 8.34. The maximum Gasteiger partial charge on any atom is 0.236 e. The number of halogens is 1. The van der Waals surface area contributed by atoms with Crippen LogP contribution in [0.25, 0.3) is 0 Å². The second kappa shape index (κ2) is 6.76. The van der Waals surface area contributed by atoms with Crippen LogP contribution in [0, 0.1) is 0 Å². The summed E-state index contributed by atoms with van der Waals surface area (Å²) >= 11 is 7.58. The van der Waals surface area contributed by atoms with Crippen molar-refractivity contribution in [2.24, 2.45) is 0 Å². The van der Waals surface area contributed by atoms with Crippen LogP contribution in [-0.2, 0) is 16.6 Å². The van der Waals surface area contributed by atoms with E-state index in [1.807, 2.05) is 42.5 Å². The largest absolute Gasteiger partial charge is 0.454 e. The highest BCUT2D eigenvalue weighted by atomic mass is 35.5. The molecule has 1 N–H and O–H groups in total. The first kappa shape index (κ1) is 17.5. The number of anilines is 1. The number of rotatable bonds is 5. The predicted molar refractivity (Wildman–Crippen MR) is 106 cm³/mol. The van der Waals surface area contributed by atoms with Gasteiger partial charge in [-0.1, -0.05) is 47.2 Å². The van der Waals surface area contributed by atoms with E-state index < -0.39 is 5.41 Å². The molecule has 1 aromatic heterocycles. The first-order chi connectivity index (χ1) is 13.6. The van der Waals surface area contributed by atoms with Gasteiger partial charge in [-0.2, -0.15) is 0 Å². The molecular formula is C20H16ClN3O3S. The molecule has 1 aliphatic carbocycles. The first-order valence-electron chi connectivity index (χ1n) is 8.91. The van der Waals surface area contributed by atoms with Gasteiger partial charge < -0.3 is 9.47 Å². The van der Waals surface area contributed by atoms with Crippen molar-refractivity contribution in [3.63, 3.8) is 0 Å². The summed E-state index contributed by atoms with van der Waals surface area (Å²) in [5, 5.41) is 13.2. The Balaban J connectivity index is 1.31. The van der Waals surface area contributed by atoms with Gasteiger partial charge in [0.1, 0.15) is 5.01 Å². The highest BCUT2D eigenvalue weighted by Gasteiger charge is 2.52. The van der Waals surface area contributed by atoms with Gasteiger partial charge in [-0.15, -0.1) is 10.2 Å². The van der Waals surface area contributed by atoms with Crippen molar-refractivity contribution in [3.05, 3.63) is 63.6 Å². The van der Waals surface area contributed by atoms with Crippen LogP contribution in [0.3, 0.4) is 0 Å². The molecule has 0 bridgehead atoms. The van der Waals surface area contributed by atoms with Gasteiger partial charge in [0.05, 0.1) is 5.41 Å². The molecule has 0 unspecified atom stereocenters. The summed E-state index contributed by atoms with van der Waals surface area (Å²) in [5.41, 5.74) is 1.39. The predicted octanol–water partition coefficient (Wildman–Crippen LogP) is 4.18. The quantitative estimate of drug-likeness (QED) is 0.679. The van der Waals surface area contributed by atoms with E-state index in [0.29, 0.717) is 28.1 Å². The zero-order valence-corrected chi connectivity index (χ0v) is 16.3. The number of benzene rings is 2. The molecule has 0 atom stereocenters. The molecule has 1 saturated carbocycles. The molecule has 2 heterocycles. The van der Waals surface area contributed by atoms with Gasteiger partial charge in [0, 0.05) is 11.4 Å². The maximum absolute atomic E-state index is 13.0. The van der Waals surface area contributed by atoms with Gasteiger partial charge >= 0.3 is 0 Å². The Morgan fingerprint density at radius 3 is 2.79 bits per heavy atom. The standard InChI is InChI=1S/C20H16ClN3O3S/c21-14-4-2-1-3-12(14)9-17-23-24-19(28-17)22-18(25)20(7-8-20)13-5-6-15-16(10-13)27-11-26-15/h1-6,10H,7-9,11H2,(H,22,24,25). The molecule has 0 spiro atoms. The molecule has 2 aromatic carbocycles. The summed E-state index contributed by atoms with van der Waals surface area (Å²) in [4.78, 5) is 13.0. The lowest BCUT2D eigenvalue weighted by Crippen LogP contribution is -2.27. The summed E-state index contributed by atoms with van der Waals surface area (Å²) < 4.78 is 10.8. The summed E-state index contributed by atoms with van der Waals surface area (Å²) in [6, 6.07) is 13.3. The monoisotopic (exact) mass is 413 g/mol. The van der Waals surface area contributed by atoms with E-state index in [2.05, 4.69) is 15.5 Å². The molecule has 0 saturated heterocycles. The number of carbonyl (C=O) groups excluding carboxylic acids is 1. The van der Waals surface area contributed by atoms with E-state index in [1.54, 1.807) is 0 Å². The van der Waals surface area contributed by atoms with E-state index in [4.69, 9.17) is 21.1 Å². The minimum absolute atomic E-state index is 0.0631. The zero-order chi connectivity index (χ0) is 19.1. The highest BCUT2D eigenvalue weighted by Crippen LogP contribution is 2.51. The Bertz CT molecular complexity index is 1060. The summed E-state index contributed by atoms with van der Waals surface area (Å²) in [7, 11) is 0. The highest BCUT2D eigenvalue weighted by molar-refractivity contribution is 7.15. The van der Waals surface area contributed by atoms with Crippen molar-refractivity contribution in [1.82, 2.24) is 10.2 Å². The third-order valence-corrected chi connectivity index (χ3v) is 6.30.